The summed E-state index contributed by atoms with van der Waals surface area (Å²) >= 11 is 18.7. The Labute approximate surface area is 257 Å². The molecule has 0 amide bonds. The number of halogens is 3. The molecule has 7 nitrogen and oxygen atoms in total. The summed E-state index contributed by atoms with van der Waals surface area (Å²) in [5, 5.41) is 7.05. The van der Waals surface area contributed by atoms with Gasteiger partial charge in [0.2, 0.25) is 0 Å². The summed E-state index contributed by atoms with van der Waals surface area (Å²) in [6.45, 7) is 2.59. The van der Waals surface area contributed by atoms with Gasteiger partial charge in [0.25, 0.3) is 5.56 Å². The molecule has 1 aromatic heterocycles. The van der Waals surface area contributed by atoms with Crippen LogP contribution in [0.5, 0.6) is 5.75 Å². The van der Waals surface area contributed by atoms with Crippen molar-refractivity contribution in [2.45, 2.75) is 84.0 Å². The Bertz CT molecular complexity index is 1320. The highest BCUT2D eigenvalue weighted by Crippen LogP contribution is 2.33. The molecule has 10 heteroatoms. The van der Waals surface area contributed by atoms with Crippen molar-refractivity contribution < 1.29 is 14.3 Å². The molecular formula is C31H40Cl3N3O4. The number of anilines is 2. The number of aromatic amines is 1. The number of hydrogen-bond acceptors (Lipinski definition) is 5. The van der Waals surface area contributed by atoms with Crippen LogP contribution in [0.1, 0.15) is 94.3 Å². The SMILES string of the molecule is CCCCCCCCCCCCCCOC(=O)c1cc(Cl)c(-n2[nH]c(Nc3ccc(Cl)cc3Cl)cc2=O)c(OC)c1. The van der Waals surface area contributed by atoms with Gasteiger partial charge in [-0.25, -0.2) is 9.48 Å². The summed E-state index contributed by atoms with van der Waals surface area (Å²) in [5.41, 5.74) is 0.696. The molecule has 0 spiro atoms. The van der Waals surface area contributed by atoms with Crippen LogP contribution in [0.3, 0.4) is 0 Å². The maximum absolute atomic E-state index is 12.8. The Morgan fingerprint density at radius 2 is 1.49 bits per heavy atom. The molecule has 0 aliphatic carbocycles. The minimum Gasteiger partial charge on any atom is -0.494 e. The molecule has 41 heavy (non-hydrogen) atoms. The second-order valence-corrected chi connectivity index (χ2v) is 11.4. The Morgan fingerprint density at radius 1 is 0.854 bits per heavy atom. The molecule has 1 heterocycles. The highest BCUT2D eigenvalue weighted by molar-refractivity contribution is 6.36. The molecule has 3 aromatic rings. The van der Waals surface area contributed by atoms with E-state index in [4.69, 9.17) is 44.3 Å². The fourth-order valence-corrected chi connectivity index (χ4v) is 5.37. The number of carbonyl (C=O) groups excluding carboxylic acids is 1. The number of nitrogens with zero attached hydrogens (tertiary/aromatic N) is 1. The van der Waals surface area contributed by atoms with Crippen molar-refractivity contribution in [1.29, 1.82) is 0 Å². The average molecular weight is 625 g/mol. The molecule has 224 valence electrons. The molecule has 0 atom stereocenters. The van der Waals surface area contributed by atoms with Gasteiger partial charge in [-0.3, -0.25) is 9.89 Å². The molecule has 0 unspecified atom stereocenters. The standard InChI is InChI=1S/C31H40Cl3N3O4/c1-3-4-5-6-7-8-9-10-11-12-13-14-17-41-31(39)22-18-25(34)30(27(19-22)40-2)37-29(38)21-28(36-37)35-26-16-15-23(32)20-24(26)33/h15-16,18-21,35-36H,3-14,17H2,1-2H3. The summed E-state index contributed by atoms with van der Waals surface area (Å²) in [6.07, 6.45) is 14.9. The van der Waals surface area contributed by atoms with Crippen molar-refractivity contribution in [2.24, 2.45) is 0 Å². The molecule has 0 bridgehead atoms. The highest BCUT2D eigenvalue weighted by Gasteiger charge is 2.19. The van der Waals surface area contributed by atoms with Gasteiger partial charge in [-0.05, 0) is 36.8 Å². The lowest BCUT2D eigenvalue weighted by Crippen LogP contribution is -2.16. The number of esters is 1. The Kier molecular flexibility index (Phi) is 13.9. The van der Waals surface area contributed by atoms with Gasteiger partial charge < -0.3 is 14.8 Å². The van der Waals surface area contributed by atoms with Gasteiger partial charge in [0.1, 0.15) is 17.3 Å². The molecule has 0 fully saturated rings. The summed E-state index contributed by atoms with van der Waals surface area (Å²) in [6, 6.07) is 9.32. The number of nitrogens with one attached hydrogen (secondary N) is 2. The monoisotopic (exact) mass is 623 g/mol. The highest BCUT2D eigenvalue weighted by atomic mass is 35.5. The van der Waals surface area contributed by atoms with Gasteiger partial charge in [0.15, 0.2) is 0 Å². The number of carbonyl (C=O) groups is 1. The van der Waals surface area contributed by atoms with Gasteiger partial charge >= 0.3 is 5.97 Å². The largest absolute Gasteiger partial charge is 0.494 e. The molecule has 0 aliphatic rings. The number of rotatable bonds is 18. The normalized spacial score (nSPS) is 11.0. The Morgan fingerprint density at radius 3 is 2.10 bits per heavy atom. The van der Waals surface area contributed by atoms with Crippen LogP contribution in [-0.2, 0) is 4.74 Å². The molecule has 0 saturated carbocycles. The summed E-state index contributed by atoms with van der Waals surface area (Å²) in [4.78, 5) is 25.5. The number of methoxy groups -OCH3 is 1. The van der Waals surface area contributed by atoms with Crippen LogP contribution in [0.2, 0.25) is 15.1 Å². The van der Waals surface area contributed by atoms with Gasteiger partial charge in [0.05, 0.1) is 35.0 Å². The van der Waals surface area contributed by atoms with E-state index in [0.717, 1.165) is 19.3 Å². The third-order valence-corrected chi connectivity index (χ3v) is 7.70. The third-order valence-electron chi connectivity index (χ3n) is 6.86. The van der Waals surface area contributed by atoms with E-state index < -0.39 is 5.97 Å². The van der Waals surface area contributed by atoms with E-state index in [0.29, 0.717) is 28.2 Å². The van der Waals surface area contributed by atoms with E-state index in [2.05, 4.69) is 17.3 Å². The van der Waals surface area contributed by atoms with Crippen LogP contribution in [0, 0.1) is 0 Å². The van der Waals surface area contributed by atoms with Crippen molar-refractivity contribution in [3.8, 4) is 11.4 Å². The topological polar surface area (TPSA) is 85.4 Å². The lowest BCUT2D eigenvalue weighted by atomic mass is 10.1. The van der Waals surface area contributed by atoms with Gasteiger partial charge in [-0.15, -0.1) is 0 Å². The smallest absolute Gasteiger partial charge is 0.338 e. The quantitative estimate of drug-likeness (QED) is 0.109. The first kappa shape index (κ1) is 32.9. The van der Waals surface area contributed by atoms with Crippen molar-refractivity contribution in [3.05, 3.63) is 67.4 Å². The van der Waals surface area contributed by atoms with Crippen LogP contribution in [0.4, 0.5) is 11.5 Å². The van der Waals surface area contributed by atoms with Crippen molar-refractivity contribution in [3.63, 3.8) is 0 Å². The summed E-state index contributed by atoms with van der Waals surface area (Å²) in [7, 11) is 1.44. The second-order valence-electron chi connectivity index (χ2n) is 10.1. The number of unbranched alkanes of at least 4 members (excludes halogenated alkanes) is 11. The predicted molar refractivity (Wildman–Crippen MR) is 169 cm³/mol. The minimum absolute atomic E-state index is 0.154. The minimum atomic E-state index is -0.488. The molecular weight excluding hydrogens is 585 g/mol. The summed E-state index contributed by atoms with van der Waals surface area (Å²) < 4.78 is 12.2. The average Bonchev–Trinajstić information content (AvgIpc) is 3.31. The fourth-order valence-electron chi connectivity index (χ4n) is 4.62. The molecule has 0 saturated heterocycles. The lowest BCUT2D eigenvalue weighted by Gasteiger charge is -2.13. The number of benzene rings is 2. The van der Waals surface area contributed by atoms with E-state index in [1.807, 2.05) is 0 Å². The fraction of sp³-hybridized carbons (Fsp3) is 0.484. The van der Waals surface area contributed by atoms with Crippen LogP contribution < -0.4 is 15.6 Å². The van der Waals surface area contributed by atoms with Gasteiger partial charge in [0, 0.05) is 11.1 Å². The zero-order chi connectivity index (χ0) is 29.6. The van der Waals surface area contributed by atoms with Crippen LogP contribution in [0.15, 0.2) is 41.2 Å². The maximum Gasteiger partial charge on any atom is 0.338 e. The zero-order valence-electron chi connectivity index (χ0n) is 23.9. The zero-order valence-corrected chi connectivity index (χ0v) is 26.1. The first-order chi connectivity index (χ1) is 19.8. The Balaban J connectivity index is 1.49. The van der Waals surface area contributed by atoms with Crippen LogP contribution >= 0.6 is 34.8 Å². The van der Waals surface area contributed by atoms with E-state index in [-0.39, 0.29) is 27.6 Å². The number of hydrogen-bond donors (Lipinski definition) is 2. The molecule has 2 aromatic carbocycles. The molecule has 3 rings (SSSR count). The molecule has 0 radical (unpaired) electrons. The van der Waals surface area contributed by atoms with Crippen molar-refractivity contribution in [1.82, 2.24) is 9.78 Å². The first-order valence-corrected chi connectivity index (χ1v) is 15.6. The molecule has 2 N–H and O–H groups in total. The third kappa shape index (κ3) is 10.3. The number of aromatic nitrogens is 2. The van der Waals surface area contributed by atoms with Gasteiger partial charge in [-0.1, -0.05) is 112 Å². The van der Waals surface area contributed by atoms with E-state index >= 15 is 0 Å². The predicted octanol–water partition coefficient (Wildman–Crippen LogP) is 9.74. The van der Waals surface area contributed by atoms with Crippen LogP contribution in [-0.4, -0.2) is 29.5 Å². The molecule has 0 aliphatic heterocycles. The van der Waals surface area contributed by atoms with Crippen LogP contribution in [0.25, 0.3) is 5.69 Å². The van der Waals surface area contributed by atoms with Crippen molar-refractivity contribution in [2.75, 3.05) is 19.0 Å². The summed E-state index contributed by atoms with van der Waals surface area (Å²) in [5.74, 6) is 0.136. The number of H-pyrrole nitrogens is 1. The van der Waals surface area contributed by atoms with Gasteiger partial charge in [-0.2, -0.15) is 0 Å². The second kappa shape index (κ2) is 17.4. The Hall–Kier alpha value is -2.61. The lowest BCUT2D eigenvalue weighted by molar-refractivity contribution is 0.0497. The van der Waals surface area contributed by atoms with E-state index in [1.54, 1.807) is 18.2 Å². The van der Waals surface area contributed by atoms with Crippen molar-refractivity contribution >= 4 is 52.3 Å². The van der Waals surface area contributed by atoms with E-state index in [1.165, 1.54) is 87.8 Å². The first-order valence-electron chi connectivity index (χ1n) is 14.4. The number of ether oxygens (including phenoxy) is 2. The maximum atomic E-state index is 12.8. The van der Waals surface area contributed by atoms with E-state index in [9.17, 15) is 9.59 Å².